The third kappa shape index (κ3) is 3.95. The van der Waals surface area contributed by atoms with Gasteiger partial charge in [-0.25, -0.2) is 0 Å². The number of hydrogen-bond donors (Lipinski definition) is 1. The number of carbonyl (C=O) groups excluding carboxylic acids is 1. The summed E-state index contributed by atoms with van der Waals surface area (Å²) in [6, 6.07) is 27.2. The van der Waals surface area contributed by atoms with Crippen LogP contribution in [0.5, 0.6) is 0 Å². The first-order valence-corrected chi connectivity index (χ1v) is 10.0. The molecule has 0 aliphatic carbocycles. The van der Waals surface area contributed by atoms with Crippen LogP contribution in [-0.4, -0.2) is 5.78 Å². The number of hydrogen-bond acceptors (Lipinski definition) is 3. The van der Waals surface area contributed by atoms with Crippen molar-refractivity contribution in [2.24, 2.45) is 0 Å². The fourth-order valence-electron chi connectivity index (χ4n) is 3.16. The lowest BCUT2D eigenvalue weighted by Gasteiger charge is -2.12. The monoisotopic (exact) mass is 391 g/mol. The average molecular weight is 392 g/mol. The fourth-order valence-corrected chi connectivity index (χ4v) is 4.85. The molecule has 0 radical (unpaired) electrons. The number of para-hydroxylation sites is 1. The highest BCUT2D eigenvalue weighted by molar-refractivity contribution is 8.03. The van der Waals surface area contributed by atoms with Gasteiger partial charge < -0.3 is 5.32 Å². The third-order valence-corrected chi connectivity index (χ3v) is 6.15. The molecular weight excluding hydrogens is 374 g/mol. The van der Waals surface area contributed by atoms with Gasteiger partial charge in [0.25, 0.3) is 0 Å². The number of nitrogens with one attached hydrogen (secondary N) is 1. The maximum atomic E-state index is 13.2. The van der Waals surface area contributed by atoms with E-state index in [-0.39, 0.29) is 11.0 Å². The molecule has 1 heterocycles. The molecule has 3 aromatic carbocycles. The van der Waals surface area contributed by atoms with Crippen molar-refractivity contribution in [1.29, 1.82) is 0 Å². The molecule has 1 unspecified atom stereocenters. The Kier molecular flexibility index (Phi) is 5.33. The Morgan fingerprint density at radius 2 is 1.52 bits per heavy atom. The minimum absolute atomic E-state index is 0.0658. The standard InChI is InChI=1S/C23H18ClNOS/c24-20-14-8-7-13-18(20)21-15-19(22(26)16-9-3-1-4-10-16)23(27-21)25-17-11-5-2-6-12-17/h1-14,21,25H,15H2. The summed E-state index contributed by atoms with van der Waals surface area (Å²) in [6.45, 7) is 0. The summed E-state index contributed by atoms with van der Waals surface area (Å²) < 4.78 is 0. The van der Waals surface area contributed by atoms with E-state index in [1.807, 2.05) is 84.9 Å². The predicted octanol–water partition coefficient (Wildman–Crippen LogP) is 6.72. The summed E-state index contributed by atoms with van der Waals surface area (Å²) in [7, 11) is 0. The van der Waals surface area contributed by atoms with Crippen LogP contribution in [0.1, 0.15) is 27.6 Å². The Hall–Kier alpha value is -2.49. The van der Waals surface area contributed by atoms with Crippen molar-refractivity contribution in [2.75, 3.05) is 5.32 Å². The number of thioether (sulfide) groups is 1. The molecule has 134 valence electrons. The summed E-state index contributed by atoms with van der Waals surface area (Å²) in [5.41, 5.74) is 3.55. The largest absolute Gasteiger partial charge is 0.350 e. The van der Waals surface area contributed by atoms with E-state index in [1.54, 1.807) is 11.8 Å². The molecule has 1 aliphatic heterocycles. The van der Waals surface area contributed by atoms with Crippen molar-refractivity contribution < 1.29 is 4.79 Å². The average Bonchev–Trinajstić information content (AvgIpc) is 3.12. The third-order valence-electron chi connectivity index (χ3n) is 4.52. The molecule has 0 spiro atoms. The Labute approximate surface area is 168 Å². The minimum atomic E-state index is 0.0658. The number of anilines is 1. The van der Waals surface area contributed by atoms with Crippen LogP contribution in [0.2, 0.25) is 5.02 Å². The first kappa shape index (κ1) is 17.9. The molecular formula is C23H18ClNOS. The Balaban J connectivity index is 1.68. The number of halogens is 1. The van der Waals surface area contributed by atoms with Gasteiger partial charge in [0.15, 0.2) is 5.78 Å². The first-order chi connectivity index (χ1) is 13.2. The van der Waals surface area contributed by atoms with Crippen molar-refractivity contribution >= 4 is 34.8 Å². The predicted molar refractivity (Wildman–Crippen MR) is 114 cm³/mol. The molecule has 1 N–H and O–H groups in total. The van der Waals surface area contributed by atoms with Crippen LogP contribution in [-0.2, 0) is 0 Å². The van der Waals surface area contributed by atoms with Gasteiger partial charge in [0.05, 0.1) is 5.03 Å². The van der Waals surface area contributed by atoms with Gasteiger partial charge in [0.1, 0.15) is 0 Å². The fraction of sp³-hybridized carbons (Fsp3) is 0.0870. The van der Waals surface area contributed by atoms with Gasteiger partial charge in [-0.1, -0.05) is 90.1 Å². The van der Waals surface area contributed by atoms with Gasteiger partial charge in [0, 0.05) is 27.1 Å². The van der Waals surface area contributed by atoms with Gasteiger partial charge in [0.2, 0.25) is 0 Å². The van der Waals surface area contributed by atoms with Gasteiger partial charge in [-0.05, 0) is 30.2 Å². The first-order valence-electron chi connectivity index (χ1n) is 8.78. The molecule has 4 rings (SSSR count). The van der Waals surface area contributed by atoms with E-state index >= 15 is 0 Å². The van der Waals surface area contributed by atoms with E-state index in [9.17, 15) is 4.79 Å². The lowest BCUT2D eigenvalue weighted by atomic mass is 9.97. The molecule has 0 aromatic heterocycles. The smallest absolute Gasteiger partial charge is 0.191 e. The number of allylic oxidation sites excluding steroid dienone is 1. The van der Waals surface area contributed by atoms with Crippen LogP contribution in [0, 0.1) is 0 Å². The molecule has 3 aromatic rings. The van der Waals surface area contributed by atoms with E-state index < -0.39 is 0 Å². The van der Waals surface area contributed by atoms with E-state index in [0.29, 0.717) is 12.0 Å². The Bertz CT molecular complexity index is 986. The van der Waals surface area contributed by atoms with Crippen LogP contribution in [0.15, 0.2) is 95.5 Å². The second kappa shape index (κ2) is 8.03. The summed E-state index contributed by atoms with van der Waals surface area (Å²) in [5, 5.41) is 5.20. The quantitative estimate of drug-likeness (QED) is 0.489. The highest BCUT2D eigenvalue weighted by atomic mass is 35.5. The summed E-state index contributed by atoms with van der Waals surface area (Å²) >= 11 is 8.09. The van der Waals surface area contributed by atoms with E-state index in [1.165, 1.54) is 0 Å². The summed E-state index contributed by atoms with van der Waals surface area (Å²) in [4.78, 5) is 13.2. The highest BCUT2D eigenvalue weighted by Gasteiger charge is 2.32. The number of rotatable bonds is 5. The molecule has 0 amide bonds. The number of ketones is 1. The molecule has 0 saturated carbocycles. The van der Waals surface area contributed by atoms with Crippen LogP contribution >= 0.6 is 23.4 Å². The topological polar surface area (TPSA) is 29.1 Å². The second-order valence-electron chi connectivity index (χ2n) is 6.33. The maximum absolute atomic E-state index is 13.2. The van der Waals surface area contributed by atoms with Gasteiger partial charge in [-0.3, -0.25) is 4.79 Å². The van der Waals surface area contributed by atoms with Crippen molar-refractivity contribution in [1.82, 2.24) is 0 Å². The Morgan fingerprint density at radius 3 is 2.22 bits per heavy atom. The lowest BCUT2D eigenvalue weighted by molar-refractivity contribution is 0.103. The van der Waals surface area contributed by atoms with Crippen LogP contribution in [0.4, 0.5) is 5.69 Å². The van der Waals surface area contributed by atoms with Gasteiger partial charge in [-0.2, -0.15) is 0 Å². The van der Waals surface area contributed by atoms with Crippen molar-refractivity contribution in [2.45, 2.75) is 11.7 Å². The number of Topliss-reactive ketones (excluding diaryl/α,β-unsaturated/α-hetero) is 1. The lowest BCUT2D eigenvalue weighted by Crippen LogP contribution is -2.07. The zero-order chi connectivity index (χ0) is 18.6. The van der Waals surface area contributed by atoms with E-state index in [2.05, 4.69) is 5.32 Å². The second-order valence-corrected chi connectivity index (χ2v) is 7.95. The SMILES string of the molecule is O=C(C1=C(Nc2ccccc2)SC(c2ccccc2Cl)C1)c1ccccc1. The molecule has 1 aliphatic rings. The Morgan fingerprint density at radius 1 is 0.889 bits per heavy atom. The van der Waals surface area contributed by atoms with Gasteiger partial charge >= 0.3 is 0 Å². The zero-order valence-electron chi connectivity index (χ0n) is 14.6. The number of benzene rings is 3. The van der Waals surface area contributed by atoms with Crippen LogP contribution in [0.3, 0.4) is 0 Å². The van der Waals surface area contributed by atoms with E-state index in [0.717, 1.165) is 26.9 Å². The molecule has 0 fully saturated rings. The van der Waals surface area contributed by atoms with Crippen LogP contribution < -0.4 is 5.32 Å². The van der Waals surface area contributed by atoms with Crippen LogP contribution in [0.25, 0.3) is 0 Å². The molecule has 1 atom stereocenters. The van der Waals surface area contributed by atoms with Gasteiger partial charge in [-0.15, -0.1) is 0 Å². The van der Waals surface area contributed by atoms with Crippen molar-refractivity contribution in [3.8, 4) is 0 Å². The van der Waals surface area contributed by atoms with Crippen molar-refractivity contribution in [3.63, 3.8) is 0 Å². The molecule has 0 bridgehead atoms. The summed E-state index contributed by atoms with van der Waals surface area (Å²) in [5.74, 6) is 0.0658. The number of carbonyl (C=O) groups is 1. The zero-order valence-corrected chi connectivity index (χ0v) is 16.1. The molecule has 27 heavy (non-hydrogen) atoms. The normalized spacial score (nSPS) is 16.4. The molecule has 4 heteroatoms. The minimum Gasteiger partial charge on any atom is -0.350 e. The highest BCUT2D eigenvalue weighted by Crippen LogP contribution is 2.49. The van der Waals surface area contributed by atoms with E-state index in [4.69, 9.17) is 11.6 Å². The summed E-state index contributed by atoms with van der Waals surface area (Å²) in [6.07, 6.45) is 0.650. The van der Waals surface area contributed by atoms with Crippen molar-refractivity contribution in [3.05, 3.63) is 112 Å². The molecule has 0 saturated heterocycles. The maximum Gasteiger partial charge on any atom is 0.191 e. The molecule has 2 nitrogen and oxygen atoms in total.